The Labute approximate surface area is 154 Å². The second-order valence-corrected chi connectivity index (χ2v) is 6.01. The maximum Gasteiger partial charge on any atom is 0.0726 e. The first-order valence-corrected chi connectivity index (χ1v) is 8.54. The third-order valence-electron chi connectivity index (χ3n) is 3.85. The van der Waals surface area contributed by atoms with E-state index in [1.54, 1.807) is 0 Å². The summed E-state index contributed by atoms with van der Waals surface area (Å²) in [5, 5.41) is 0.725. The molecule has 1 heteroatoms. The van der Waals surface area contributed by atoms with Gasteiger partial charge in [-0.3, -0.25) is 0 Å². The fourth-order valence-electron chi connectivity index (χ4n) is 2.59. The van der Waals surface area contributed by atoms with Gasteiger partial charge in [-0.2, -0.15) is 0 Å². The number of rotatable bonds is 3. The molecule has 0 aromatic heterocycles. The minimum atomic E-state index is -0.0825. The Balaban J connectivity index is 1.84. The van der Waals surface area contributed by atoms with Gasteiger partial charge in [0.25, 0.3) is 0 Å². The lowest BCUT2D eigenvalue weighted by atomic mass is 9.92. The lowest BCUT2D eigenvalue weighted by Crippen LogP contribution is -1.99. The standard InChI is InChI=1S/C24H17Cl/c25-24-19-11-10-18-23(24)22(21-15-7-3-8-16-21)17-9-2-6-14-20-12-4-1-5-13-20/h1,3-5,7-8,10-13,15-16,18-19,22H,14H2. The zero-order valence-electron chi connectivity index (χ0n) is 13.7. The van der Waals surface area contributed by atoms with E-state index in [0.29, 0.717) is 6.42 Å². The van der Waals surface area contributed by atoms with Gasteiger partial charge in [-0.05, 0) is 34.6 Å². The molecule has 0 aliphatic carbocycles. The highest BCUT2D eigenvalue weighted by Crippen LogP contribution is 2.29. The molecule has 0 spiro atoms. The summed E-state index contributed by atoms with van der Waals surface area (Å²) in [6.07, 6.45) is 0.706. The highest BCUT2D eigenvalue weighted by molar-refractivity contribution is 6.31. The number of hydrogen-bond donors (Lipinski definition) is 0. The van der Waals surface area contributed by atoms with Crippen molar-refractivity contribution in [3.05, 3.63) is 107 Å². The molecule has 1 atom stereocenters. The molecule has 0 fully saturated rings. The van der Waals surface area contributed by atoms with Crippen molar-refractivity contribution in [2.24, 2.45) is 0 Å². The van der Waals surface area contributed by atoms with Crippen molar-refractivity contribution in [1.29, 1.82) is 0 Å². The van der Waals surface area contributed by atoms with Gasteiger partial charge in [0.05, 0.1) is 5.92 Å². The Morgan fingerprint density at radius 1 is 0.720 bits per heavy atom. The van der Waals surface area contributed by atoms with E-state index in [-0.39, 0.29) is 5.92 Å². The van der Waals surface area contributed by atoms with E-state index in [9.17, 15) is 0 Å². The Morgan fingerprint density at radius 3 is 2.08 bits per heavy atom. The van der Waals surface area contributed by atoms with Gasteiger partial charge in [0.2, 0.25) is 0 Å². The lowest BCUT2D eigenvalue weighted by molar-refractivity contribution is 1.06. The first-order chi connectivity index (χ1) is 12.3. The van der Waals surface area contributed by atoms with Crippen LogP contribution in [0.2, 0.25) is 5.02 Å². The van der Waals surface area contributed by atoms with Crippen LogP contribution in [0.4, 0.5) is 0 Å². The molecule has 0 heterocycles. The van der Waals surface area contributed by atoms with E-state index in [1.165, 1.54) is 5.56 Å². The van der Waals surface area contributed by atoms with Crippen LogP contribution < -0.4 is 0 Å². The topological polar surface area (TPSA) is 0 Å². The molecule has 0 amide bonds. The van der Waals surface area contributed by atoms with Gasteiger partial charge in [-0.25, -0.2) is 0 Å². The van der Waals surface area contributed by atoms with Crippen LogP contribution in [0.3, 0.4) is 0 Å². The third-order valence-corrected chi connectivity index (χ3v) is 4.20. The van der Waals surface area contributed by atoms with Crippen LogP contribution >= 0.6 is 11.6 Å². The molecule has 0 aliphatic rings. The van der Waals surface area contributed by atoms with Gasteiger partial charge in [0.15, 0.2) is 0 Å². The van der Waals surface area contributed by atoms with Gasteiger partial charge in [-0.1, -0.05) is 102 Å². The summed E-state index contributed by atoms with van der Waals surface area (Å²) in [6, 6.07) is 28.2. The predicted molar refractivity (Wildman–Crippen MR) is 105 cm³/mol. The van der Waals surface area contributed by atoms with E-state index >= 15 is 0 Å². The minimum Gasteiger partial charge on any atom is -0.0843 e. The summed E-state index contributed by atoms with van der Waals surface area (Å²) in [7, 11) is 0. The Hall–Kier alpha value is -2.93. The predicted octanol–water partition coefficient (Wildman–Crippen LogP) is 5.72. The van der Waals surface area contributed by atoms with Gasteiger partial charge in [0, 0.05) is 11.4 Å². The molecule has 3 aromatic carbocycles. The fraction of sp³-hybridized carbons (Fsp3) is 0.0833. The van der Waals surface area contributed by atoms with Crippen molar-refractivity contribution in [3.8, 4) is 23.7 Å². The summed E-state index contributed by atoms with van der Waals surface area (Å²) in [5.41, 5.74) is 3.32. The lowest BCUT2D eigenvalue weighted by Gasteiger charge is -2.13. The fourth-order valence-corrected chi connectivity index (χ4v) is 2.83. The summed E-state index contributed by atoms with van der Waals surface area (Å²) in [4.78, 5) is 0. The van der Waals surface area contributed by atoms with Gasteiger partial charge in [-0.15, -0.1) is 0 Å². The maximum absolute atomic E-state index is 6.39. The maximum atomic E-state index is 6.39. The number of benzene rings is 3. The molecule has 120 valence electrons. The smallest absolute Gasteiger partial charge is 0.0726 e. The van der Waals surface area contributed by atoms with Crippen LogP contribution in [0.1, 0.15) is 22.6 Å². The monoisotopic (exact) mass is 340 g/mol. The van der Waals surface area contributed by atoms with E-state index in [4.69, 9.17) is 11.6 Å². The molecule has 1 unspecified atom stereocenters. The van der Waals surface area contributed by atoms with Gasteiger partial charge < -0.3 is 0 Å². The van der Waals surface area contributed by atoms with Crippen molar-refractivity contribution >= 4 is 11.6 Å². The van der Waals surface area contributed by atoms with Crippen molar-refractivity contribution in [2.45, 2.75) is 12.3 Å². The normalized spacial score (nSPS) is 10.8. The van der Waals surface area contributed by atoms with Gasteiger partial charge >= 0.3 is 0 Å². The van der Waals surface area contributed by atoms with Crippen molar-refractivity contribution in [2.75, 3.05) is 0 Å². The average Bonchev–Trinajstić information content (AvgIpc) is 2.67. The molecule has 25 heavy (non-hydrogen) atoms. The van der Waals surface area contributed by atoms with Crippen molar-refractivity contribution < 1.29 is 0 Å². The van der Waals surface area contributed by atoms with Crippen LogP contribution in [-0.2, 0) is 6.42 Å². The highest BCUT2D eigenvalue weighted by atomic mass is 35.5. The van der Waals surface area contributed by atoms with Crippen LogP contribution in [0.25, 0.3) is 0 Å². The summed E-state index contributed by atoms with van der Waals surface area (Å²) >= 11 is 6.39. The molecule has 0 bridgehead atoms. The van der Waals surface area contributed by atoms with Crippen LogP contribution in [0, 0.1) is 23.7 Å². The highest BCUT2D eigenvalue weighted by Gasteiger charge is 2.13. The zero-order valence-corrected chi connectivity index (χ0v) is 14.5. The van der Waals surface area contributed by atoms with E-state index in [2.05, 4.69) is 47.9 Å². The molecule has 0 N–H and O–H groups in total. The van der Waals surface area contributed by atoms with E-state index in [1.807, 2.05) is 60.7 Å². The molecule has 0 aliphatic heterocycles. The molecule has 3 aromatic rings. The number of hydrogen-bond acceptors (Lipinski definition) is 0. The molecule has 0 saturated carbocycles. The summed E-state index contributed by atoms with van der Waals surface area (Å²) in [6.45, 7) is 0. The Morgan fingerprint density at radius 2 is 1.36 bits per heavy atom. The summed E-state index contributed by atoms with van der Waals surface area (Å²) in [5.74, 6) is 12.3. The molecule has 0 radical (unpaired) electrons. The Kier molecular flexibility index (Phi) is 5.95. The first kappa shape index (κ1) is 16.9. The largest absolute Gasteiger partial charge is 0.0843 e. The SMILES string of the molecule is Clc1ccccc1C(C#CC#CCc1ccccc1)c1ccccc1. The second-order valence-electron chi connectivity index (χ2n) is 5.60. The molecule has 3 rings (SSSR count). The van der Waals surface area contributed by atoms with Crippen molar-refractivity contribution in [3.63, 3.8) is 0 Å². The van der Waals surface area contributed by atoms with E-state index in [0.717, 1.165) is 16.1 Å². The Bertz CT molecular complexity index is 935. The summed E-state index contributed by atoms with van der Waals surface area (Å²) < 4.78 is 0. The quantitative estimate of drug-likeness (QED) is 0.535. The minimum absolute atomic E-state index is 0.0825. The average molecular weight is 341 g/mol. The van der Waals surface area contributed by atoms with Crippen LogP contribution in [0.5, 0.6) is 0 Å². The molecular weight excluding hydrogens is 324 g/mol. The molecule has 0 nitrogen and oxygen atoms in total. The van der Waals surface area contributed by atoms with Crippen molar-refractivity contribution in [1.82, 2.24) is 0 Å². The molecule has 0 saturated heterocycles. The first-order valence-electron chi connectivity index (χ1n) is 8.16. The van der Waals surface area contributed by atoms with Crippen LogP contribution in [-0.4, -0.2) is 0 Å². The molecular formula is C24H17Cl. The van der Waals surface area contributed by atoms with Gasteiger partial charge in [0.1, 0.15) is 0 Å². The van der Waals surface area contributed by atoms with Crippen LogP contribution in [0.15, 0.2) is 84.9 Å². The second kappa shape index (κ2) is 8.79. The third kappa shape index (κ3) is 4.77. The zero-order chi connectivity index (χ0) is 17.3. The van der Waals surface area contributed by atoms with E-state index < -0.39 is 0 Å². The number of halogens is 1.